The first kappa shape index (κ1) is 18.5. The number of fused-ring (bicyclic) bond motifs is 1. The highest BCUT2D eigenvalue weighted by molar-refractivity contribution is 5.13. The minimum Gasteiger partial charge on any atom is -0.394 e. The molecule has 25 heavy (non-hydrogen) atoms. The van der Waals surface area contributed by atoms with Crippen molar-refractivity contribution in [1.29, 1.82) is 0 Å². The molecule has 6 heteroatoms. The maximum absolute atomic E-state index is 9.81. The Labute approximate surface area is 148 Å². The molecule has 0 amide bonds. The second kappa shape index (κ2) is 7.95. The van der Waals surface area contributed by atoms with Gasteiger partial charge in [0, 0.05) is 0 Å². The van der Waals surface area contributed by atoms with Crippen molar-refractivity contribution in [2.24, 2.45) is 0 Å². The van der Waals surface area contributed by atoms with Crippen molar-refractivity contribution in [1.82, 2.24) is 0 Å². The van der Waals surface area contributed by atoms with Gasteiger partial charge in [-0.1, -0.05) is 36.4 Å². The Bertz CT molecular complexity index is 560. The van der Waals surface area contributed by atoms with E-state index in [2.05, 4.69) is 6.58 Å². The second-order valence-electron chi connectivity index (χ2n) is 6.67. The van der Waals surface area contributed by atoms with Gasteiger partial charge in [0.1, 0.15) is 24.4 Å². The standard InChI is InChI=1S/C19H26O6/c1-4-10-21-16-15(23-18-17(16)24-19(2,3)25-18)14(11-20)22-12-13-8-6-5-7-9-13/h4-9,14-18,20H,1,10-12H2,2-3H3/t14?,15-,16+,17-,18-/m1/s1. The van der Waals surface area contributed by atoms with Gasteiger partial charge in [-0.2, -0.15) is 0 Å². The smallest absolute Gasteiger partial charge is 0.190 e. The van der Waals surface area contributed by atoms with Crippen LogP contribution in [0.5, 0.6) is 0 Å². The fourth-order valence-electron chi connectivity index (χ4n) is 3.20. The van der Waals surface area contributed by atoms with Crippen LogP contribution < -0.4 is 0 Å². The molecule has 0 radical (unpaired) electrons. The van der Waals surface area contributed by atoms with Crippen LogP contribution in [-0.2, 0) is 30.3 Å². The van der Waals surface area contributed by atoms with Crippen LogP contribution in [-0.4, -0.2) is 54.8 Å². The summed E-state index contributed by atoms with van der Waals surface area (Å²) in [6.07, 6.45) is -0.670. The molecule has 6 nitrogen and oxygen atoms in total. The van der Waals surface area contributed by atoms with Crippen LogP contribution in [0, 0.1) is 0 Å². The lowest BCUT2D eigenvalue weighted by molar-refractivity contribution is -0.235. The predicted molar refractivity (Wildman–Crippen MR) is 90.7 cm³/mol. The molecule has 2 saturated heterocycles. The molecule has 1 N–H and O–H groups in total. The molecular formula is C19H26O6. The number of hydrogen-bond donors (Lipinski definition) is 1. The van der Waals surface area contributed by atoms with E-state index in [4.69, 9.17) is 23.7 Å². The molecule has 0 aromatic heterocycles. The van der Waals surface area contributed by atoms with Crippen molar-refractivity contribution in [3.63, 3.8) is 0 Å². The van der Waals surface area contributed by atoms with Crippen LogP contribution in [0.2, 0.25) is 0 Å². The Morgan fingerprint density at radius 1 is 1.28 bits per heavy atom. The third kappa shape index (κ3) is 4.28. The highest BCUT2D eigenvalue weighted by atomic mass is 16.8. The van der Waals surface area contributed by atoms with E-state index in [9.17, 15) is 5.11 Å². The number of aliphatic hydroxyl groups is 1. The van der Waals surface area contributed by atoms with Gasteiger partial charge in [0.2, 0.25) is 0 Å². The van der Waals surface area contributed by atoms with E-state index in [1.165, 1.54) is 0 Å². The molecule has 2 fully saturated rings. The van der Waals surface area contributed by atoms with Gasteiger partial charge in [-0.3, -0.25) is 0 Å². The molecule has 2 aliphatic rings. The van der Waals surface area contributed by atoms with Crippen molar-refractivity contribution in [3.05, 3.63) is 48.6 Å². The van der Waals surface area contributed by atoms with Gasteiger partial charge in [-0.05, 0) is 19.4 Å². The zero-order valence-electron chi connectivity index (χ0n) is 14.7. The first-order valence-corrected chi connectivity index (χ1v) is 8.54. The van der Waals surface area contributed by atoms with Crippen LogP contribution in [0.4, 0.5) is 0 Å². The molecule has 5 atom stereocenters. The zero-order chi connectivity index (χ0) is 17.9. The summed E-state index contributed by atoms with van der Waals surface area (Å²) in [7, 11) is 0. The number of aliphatic hydroxyl groups excluding tert-OH is 1. The van der Waals surface area contributed by atoms with Crippen LogP contribution in [0.25, 0.3) is 0 Å². The van der Waals surface area contributed by atoms with E-state index in [1.807, 2.05) is 44.2 Å². The SMILES string of the molecule is C=CCO[C@@H]1[C@H]2OC(C)(C)O[C@H]2O[C@@H]1C(CO)OCc1ccccc1. The predicted octanol–water partition coefficient (Wildman–Crippen LogP) is 2.01. The largest absolute Gasteiger partial charge is 0.394 e. The van der Waals surface area contributed by atoms with E-state index < -0.39 is 30.4 Å². The normalized spacial score (nSPS) is 31.6. The lowest BCUT2D eigenvalue weighted by Gasteiger charge is -2.30. The molecule has 1 unspecified atom stereocenters. The summed E-state index contributed by atoms with van der Waals surface area (Å²) < 4.78 is 29.5. The van der Waals surface area contributed by atoms with Gasteiger partial charge in [-0.25, -0.2) is 0 Å². The molecular weight excluding hydrogens is 324 g/mol. The van der Waals surface area contributed by atoms with Gasteiger partial charge in [0.15, 0.2) is 12.1 Å². The molecule has 0 saturated carbocycles. The van der Waals surface area contributed by atoms with Crippen LogP contribution in [0.3, 0.4) is 0 Å². The summed E-state index contributed by atoms with van der Waals surface area (Å²) in [5.74, 6) is -0.726. The maximum atomic E-state index is 9.81. The molecule has 0 spiro atoms. The molecule has 1 aromatic rings. The Morgan fingerprint density at radius 3 is 2.72 bits per heavy atom. The summed E-state index contributed by atoms with van der Waals surface area (Å²) in [6, 6.07) is 9.79. The zero-order valence-corrected chi connectivity index (χ0v) is 14.7. The Morgan fingerprint density at radius 2 is 2.04 bits per heavy atom. The minimum atomic E-state index is -0.726. The highest BCUT2D eigenvalue weighted by Crippen LogP contribution is 2.40. The van der Waals surface area contributed by atoms with Crippen molar-refractivity contribution >= 4 is 0 Å². The van der Waals surface area contributed by atoms with Crippen molar-refractivity contribution in [2.75, 3.05) is 13.2 Å². The average molecular weight is 350 g/mol. The van der Waals surface area contributed by atoms with E-state index in [-0.39, 0.29) is 12.7 Å². The van der Waals surface area contributed by atoms with Gasteiger partial charge < -0.3 is 28.8 Å². The summed E-state index contributed by atoms with van der Waals surface area (Å²) in [4.78, 5) is 0. The van der Waals surface area contributed by atoms with Crippen molar-refractivity contribution in [3.8, 4) is 0 Å². The summed E-state index contributed by atoms with van der Waals surface area (Å²) >= 11 is 0. The van der Waals surface area contributed by atoms with Gasteiger partial charge >= 0.3 is 0 Å². The van der Waals surface area contributed by atoms with Crippen LogP contribution in [0.15, 0.2) is 43.0 Å². The summed E-state index contributed by atoms with van der Waals surface area (Å²) in [6.45, 7) is 7.90. The second-order valence-corrected chi connectivity index (χ2v) is 6.67. The quantitative estimate of drug-likeness (QED) is 0.724. The highest BCUT2D eigenvalue weighted by Gasteiger charge is 2.57. The molecule has 2 aliphatic heterocycles. The average Bonchev–Trinajstić information content (AvgIpc) is 3.06. The first-order valence-electron chi connectivity index (χ1n) is 8.54. The minimum absolute atomic E-state index is 0.186. The number of ether oxygens (including phenoxy) is 5. The van der Waals surface area contributed by atoms with Crippen molar-refractivity contribution in [2.45, 2.75) is 56.9 Å². The topological polar surface area (TPSA) is 66.4 Å². The lowest BCUT2D eigenvalue weighted by Crippen LogP contribution is -2.45. The van der Waals surface area contributed by atoms with E-state index in [1.54, 1.807) is 6.08 Å². The third-order valence-corrected chi connectivity index (χ3v) is 4.29. The fraction of sp³-hybridized carbons (Fsp3) is 0.579. The number of rotatable bonds is 8. The van der Waals surface area contributed by atoms with E-state index in [0.29, 0.717) is 13.2 Å². The molecule has 3 rings (SSSR count). The molecule has 0 aliphatic carbocycles. The fourth-order valence-corrected chi connectivity index (χ4v) is 3.20. The van der Waals surface area contributed by atoms with Crippen molar-refractivity contribution < 1.29 is 28.8 Å². The molecule has 0 bridgehead atoms. The van der Waals surface area contributed by atoms with Gasteiger partial charge in [0.05, 0.1) is 19.8 Å². The lowest BCUT2D eigenvalue weighted by atomic mass is 10.1. The molecule has 138 valence electrons. The number of hydrogen-bond acceptors (Lipinski definition) is 6. The Hall–Kier alpha value is -1.28. The number of benzene rings is 1. The summed E-state index contributed by atoms with van der Waals surface area (Å²) in [5, 5.41) is 9.81. The first-order chi connectivity index (χ1) is 12.0. The van der Waals surface area contributed by atoms with Crippen LogP contribution >= 0.6 is 0 Å². The monoisotopic (exact) mass is 350 g/mol. The molecule has 2 heterocycles. The Balaban J connectivity index is 1.68. The maximum Gasteiger partial charge on any atom is 0.190 e. The third-order valence-electron chi connectivity index (χ3n) is 4.29. The van der Waals surface area contributed by atoms with Crippen LogP contribution in [0.1, 0.15) is 19.4 Å². The van der Waals surface area contributed by atoms with Gasteiger partial charge in [0.25, 0.3) is 0 Å². The van der Waals surface area contributed by atoms with Gasteiger partial charge in [-0.15, -0.1) is 6.58 Å². The summed E-state index contributed by atoms with van der Waals surface area (Å²) in [5.41, 5.74) is 1.02. The Kier molecular flexibility index (Phi) is 5.89. The molecule has 1 aromatic carbocycles. The van der Waals surface area contributed by atoms with E-state index in [0.717, 1.165) is 5.56 Å². The van der Waals surface area contributed by atoms with E-state index >= 15 is 0 Å².